The van der Waals surface area contributed by atoms with Crippen molar-refractivity contribution in [1.29, 1.82) is 0 Å². The molecule has 0 saturated heterocycles. The fourth-order valence-electron chi connectivity index (χ4n) is 2.36. The van der Waals surface area contributed by atoms with Gasteiger partial charge >= 0.3 is 5.97 Å². The van der Waals surface area contributed by atoms with E-state index in [-0.39, 0.29) is 44.8 Å². The zero-order valence-electron chi connectivity index (χ0n) is 16.1. The Labute approximate surface area is 177 Å². The third kappa shape index (κ3) is 13.1. The highest BCUT2D eigenvalue weighted by Gasteiger charge is 2.29. The van der Waals surface area contributed by atoms with Gasteiger partial charge in [-0.05, 0) is 12.8 Å². The molecule has 0 aromatic heterocycles. The Balaban J connectivity index is 0. The third-order valence-electron chi connectivity index (χ3n) is 4.07. The molecule has 0 aromatic rings. The molecule has 3 atom stereocenters. The molecular formula is C19H34N2O7S. The number of amides is 1. The maximum Gasteiger partial charge on any atom is 0.304 e. The quantitative estimate of drug-likeness (QED) is 0.149. The molecule has 29 heavy (non-hydrogen) atoms. The van der Waals surface area contributed by atoms with E-state index < -0.39 is 42.1 Å². The van der Waals surface area contributed by atoms with Gasteiger partial charge < -0.3 is 25.7 Å². The number of carboxylic acid groups (broad SMARTS) is 1. The Morgan fingerprint density at radius 1 is 1.17 bits per heavy atom. The van der Waals surface area contributed by atoms with Crippen molar-refractivity contribution in [2.45, 2.75) is 65.0 Å². The molecule has 0 bridgehead atoms. The highest BCUT2D eigenvalue weighted by atomic mass is 32.1. The number of carbonyl (C=O) groups excluding carboxylic acids is 4. The lowest BCUT2D eigenvalue weighted by molar-refractivity contribution is -0.142. The second-order valence-corrected chi connectivity index (χ2v) is 6.73. The van der Waals surface area contributed by atoms with E-state index in [1.807, 2.05) is 0 Å². The monoisotopic (exact) mass is 434 g/mol. The van der Waals surface area contributed by atoms with Crippen molar-refractivity contribution < 1.29 is 33.8 Å². The number of carbonyl (C=O) groups is 5. The van der Waals surface area contributed by atoms with Gasteiger partial charge in [0.25, 0.3) is 0 Å². The van der Waals surface area contributed by atoms with Gasteiger partial charge in [0.15, 0.2) is 5.78 Å². The van der Waals surface area contributed by atoms with Gasteiger partial charge in [0.2, 0.25) is 5.91 Å². The number of thiol groups is 1. The van der Waals surface area contributed by atoms with E-state index >= 15 is 0 Å². The average Bonchev–Trinajstić information content (AvgIpc) is 2.66. The largest absolute Gasteiger partial charge is 0.481 e. The molecule has 0 aromatic carbocycles. The van der Waals surface area contributed by atoms with Crippen LogP contribution in [0.2, 0.25) is 0 Å². The van der Waals surface area contributed by atoms with Crippen LogP contribution in [0.5, 0.6) is 0 Å². The Bertz CT molecular complexity index is 543. The molecule has 9 nitrogen and oxygen atoms in total. The lowest BCUT2D eigenvalue weighted by Gasteiger charge is -2.20. The SMILES string of the molecule is C.CC[C@H](N)C(=O)C[C@@H](CC(=O)O)C(=O)N[C@@H](CS)C(=O)CCCOCCC=O. The van der Waals surface area contributed by atoms with E-state index in [1.54, 1.807) is 6.92 Å². The minimum absolute atomic E-state index is 0. The molecule has 0 saturated carbocycles. The van der Waals surface area contributed by atoms with E-state index in [0.717, 1.165) is 6.29 Å². The van der Waals surface area contributed by atoms with Crippen molar-refractivity contribution >= 4 is 42.4 Å². The zero-order chi connectivity index (χ0) is 21.5. The number of nitrogens with one attached hydrogen (secondary N) is 1. The Hall–Kier alpha value is -1.78. The molecule has 10 heteroatoms. The molecule has 0 aliphatic carbocycles. The Kier molecular flexibility index (Phi) is 17.4. The van der Waals surface area contributed by atoms with Gasteiger partial charge in [-0.2, -0.15) is 12.6 Å². The number of hydrogen-bond donors (Lipinski definition) is 4. The number of hydrogen-bond acceptors (Lipinski definition) is 8. The van der Waals surface area contributed by atoms with Crippen molar-refractivity contribution in [3.63, 3.8) is 0 Å². The summed E-state index contributed by atoms with van der Waals surface area (Å²) in [4.78, 5) is 57.9. The van der Waals surface area contributed by atoms with Crippen molar-refractivity contribution in [2.24, 2.45) is 11.7 Å². The van der Waals surface area contributed by atoms with Crippen LogP contribution < -0.4 is 11.1 Å². The van der Waals surface area contributed by atoms with Gasteiger partial charge in [0, 0.05) is 31.6 Å². The summed E-state index contributed by atoms with van der Waals surface area (Å²) in [6.07, 6.45) is 1.12. The number of aliphatic carboxylic acids is 1. The number of ether oxygens (including phenoxy) is 1. The van der Waals surface area contributed by atoms with Gasteiger partial charge in [-0.1, -0.05) is 14.4 Å². The van der Waals surface area contributed by atoms with Crippen LogP contribution in [0.1, 0.15) is 52.9 Å². The van der Waals surface area contributed by atoms with Gasteiger partial charge in [-0.3, -0.25) is 19.2 Å². The Morgan fingerprint density at radius 2 is 1.83 bits per heavy atom. The van der Waals surface area contributed by atoms with E-state index in [0.29, 0.717) is 19.4 Å². The summed E-state index contributed by atoms with van der Waals surface area (Å²) >= 11 is 4.07. The van der Waals surface area contributed by atoms with Crippen LogP contribution in [-0.4, -0.2) is 65.9 Å². The highest BCUT2D eigenvalue weighted by Crippen LogP contribution is 2.13. The number of nitrogens with two attached hydrogens (primary N) is 1. The summed E-state index contributed by atoms with van der Waals surface area (Å²) in [7, 11) is 0. The predicted molar refractivity (Wildman–Crippen MR) is 112 cm³/mol. The molecule has 0 aliphatic heterocycles. The summed E-state index contributed by atoms with van der Waals surface area (Å²) in [6.45, 7) is 2.31. The van der Waals surface area contributed by atoms with Crippen LogP contribution in [0.25, 0.3) is 0 Å². The fourth-order valence-corrected chi connectivity index (χ4v) is 2.66. The van der Waals surface area contributed by atoms with Crippen molar-refractivity contribution in [3.05, 3.63) is 0 Å². The van der Waals surface area contributed by atoms with E-state index in [1.165, 1.54) is 0 Å². The molecule has 168 valence electrons. The lowest BCUT2D eigenvalue weighted by atomic mass is 9.93. The van der Waals surface area contributed by atoms with Crippen molar-refractivity contribution in [1.82, 2.24) is 5.32 Å². The van der Waals surface area contributed by atoms with Gasteiger partial charge in [0.1, 0.15) is 12.1 Å². The maximum atomic E-state index is 12.4. The van der Waals surface area contributed by atoms with Crippen LogP contribution in [0.3, 0.4) is 0 Å². The molecule has 0 spiro atoms. The van der Waals surface area contributed by atoms with Crippen molar-refractivity contribution in [3.8, 4) is 0 Å². The number of ketones is 2. The summed E-state index contributed by atoms with van der Waals surface area (Å²) in [6, 6.07) is -1.65. The fraction of sp³-hybridized carbons (Fsp3) is 0.737. The molecule has 0 radical (unpaired) electrons. The molecular weight excluding hydrogens is 400 g/mol. The summed E-state index contributed by atoms with van der Waals surface area (Å²) in [5.74, 6) is -3.64. The topological polar surface area (TPSA) is 153 Å². The number of carboxylic acids is 1. The minimum atomic E-state index is -1.22. The minimum Gasteiger partial charge on any atom is -0.481 e. The molecule has 4 N–H and O–H groups in total. The normalized spacial score (nSPS) is 13.5. The van der Waals surface area contributed by atoms with Crippen LogP contribution in [0, 0.1) is 5.92 Å². The lowest BCUT2D eigenvalue weighted by Crippen LogP contribution is -2.46. The average molecular weight is 435 g/mol. The molecule has 0 fully saturated rings. The first kappa shape index (κ1) is 29.4. The second-order valence-electron chi connectivity index (χ2n) is 6.36. The number of rotatable bonds is 17. The summed E-state index contributed by atoms with van der Waals surface area (Å²) in [5, 5.41) is 11.5. The van der Waals surface area contributed by atoms with Crippen LogP contribution >= 0.6 is 12.6 Å². The first-order chi connectivity index (χ1) is 13.3. The zero-order valence-corrected chi connectivity index (χ0v) is 17.0. The molecule has 0 unspecified atom stereocenters. The highest BCUT2D eigenvalue weighted by molar-refractivity contribution is 7.80. The van der Waals surface area contributed by atoms with Gasteiger partial charge in [-0.25, -0.2) is 0 Å². The standard InChI is InChI=1S/C18H30N2O7S.CH4/c1-2-13(19)16(23)9-12(10-17(24)25)18(26)20-14(11-28)15(22)5-3-7-27-8-4-6-21;/h6,12-14,28H,2-5,7-11,19H2,1H3,(H,20,26)(H,24,25);1H4/t12-,13-,14-;/m0./s1. The predicted octanol–water partition coefficient (Wildman–Crippen LogP) is 0.779. The van der Waals surface area contributed by atoms with E-state index in [4.69, 9.17) is 15.6 Å². The van der Waals surface area contributed by atoms with Crippen LogP contribution in [-0.2, 0) is 28.7 Å². The van der Waals surface area contributed by atoms with Gasteiger partial charge in [-0.15, -0.1) is 0 Å². The third-order valence-corrected chi connectivity index (χ3v) is 4.44. The number of Topliss-reactive ketones (excluding diaryl/α,β-unsaturated/α-hetero) is 2. The first-order valence-corrected chi connectivity index (χ1v) is 9.85. The van der Waals surface area contributed by atoms with Crippen LogP contribution in [0.4, 0.5) is 0 Å². The molecule has 0 aliphatic rings. The summed E-state index contributed by atoms with van der Waals surface area (Å²) in [5.41, 5.74) is 5.64. The van der Waals surface area contributed by atoms with E-state index in [2.05, 4.69) is 17.9 Å². The van der Waals surface area contributed by atoms with Crippen LogP contribution in [0.15, 0.2) is 0 Å². The first-order valence-electron chi connectivity index (χ1n) is 9.22. The summed E-state index contributed by atoms with van der Waals surface area (Å²) < 4.78 is 5.17. The second kappa shape index (κ2) is 17.1. The van der Waals surface area contributed by atoms with E-state index in [9.17, 15) is 24.0 Å². The Morgan fingerprint density at radius 3 is 2.34 bits per heavy atom. The van der Waals surface area contributed by atoms with Gasteiger partial charge in [0.05, 0.1) is 31.0 Å². The molecule has 0 rings (SSSR count). The molecule has 0 heterocycles. The van der Waals surface area contributed by atoms with Crippen molar-refractivity contribution in [2.75, 3.05) is 19.0 Å². The maximum absolute atomic E-state index is 12.4. The smallest absolute Gasteiger partial charge is 0.304 e. The molecule has 1 amide bonds. The number of aldehydes is 1.